The average Bonchev–Trinajstić information content (AvgIpc) is 2.99. The number of anilines is 1. The second-order valence-electron chi connectivity index (χ2n) is 11.2. The van der Waals surface area contributed by atoms with Crippen LogP contribution < -0.4 is 5.32 Å². The van der Waals surface area contributed by atoms with Crippen LogP contribution in [0.5, 0.6) is 0 Å². The summed E-state index contributed by atoms with van der Waals surface area (Å²) in [5, 5.41) is 3.04. The van der Waals surface area contributed by atoms with E-state index in [0.717, 1.165) is 16.7 Å². The summed E-state index contributed by atoms with van der Waals surface area (Å²) in [6.07, 6.45) is 8.13. The lowest BCUT2D eigenvalue weighted by Crippen LogP contribution is -2.21. The molecular formula is C35H49ClN4O4. The largest absolute Gasteiger partial charge is 0.495 e. The van der Waals surface area contributed by atoms with Crippen molar-refractivity contribution in [3.05, 3.63) is 83.0 Å². The number of hydrogen-bond donors (Lipinski definition) is 1. The Morgan fingerprint density at radius 1 is 1.00 bits per heavy atom. The number of amides is 1. The number of allylic oxidation sites excluding steroid dienone is 2. The minimum absolute atomic E-state index is 0.0221. The maximum absolute atomic E-state index is 12.3. The van der Waals surface area contributed by atoms with Crippen molar-refractivity contribution in [3.63, 3.8) is 0 Å². The summed E-state index contributed by atoms with van der Waals surface area (Å²) < 4.78 is 5.49. The van der Waals surface area contributed by atoms with Crippen LogP contribution in [0, 0.1) is 5.41 Å². The second-order valence-corrected chi connectivity index (χ2v) is 11.6. The number of benzene rings is 2. The van der Waals surface area contributed by atoms with Crippen LogP contribution in [0.15, 0.2) is 66.8 Å². The van der Waals surface area contributed by atoms with Crippen molar-refractivity contribution in [2.75, 3.05) is 19.5 Å². The molecule has 0 unspecified atom stereocenters. The molecule has 0 saturated heterocycles. The Morgan fingerprint density at radius 2 is 1.59 bits per heavy atom. The van der Waals surface area contributed by atoms with Crippen LogP contribution in [0.2, 0.25) is 5.02 Å². The summed E-state index contributed by atoms with van der Waals surface area (Å²) in [7, 11) is 3.45. The lowest BCUT2D eigenvalue weighted by atomic mass is 9.94. The first-order valence-corrected chi connectivity index (χ1v) is 15.0. The van der Waals surface area contributed by atoms with E-state index < -0.39 is 0 Å². The van der Waals surface area contributed by atoms with E-state index in [4.69, 9.17) is 16.3 Å². The highest BCUT2D eigenvalue weighted by molar-refractivity contribution is 6.31. The number of nitrogens with one attached hydrogen (secondary N) is 1. The number of aldehydes is 1. The van der Waals surface area contributed by atoms with E-state index in [0.29, 0.717) is 52.0 Å². The standard InChI is InChI=1S/C19H24ClNO3.C9H7N3O.C5H12.C2H6/c1-6-18(23)15-8-7-14(20)11-17(15)16(9-10-22)19(24-5)12-21(4)13(2)3;13-6-12-7-1-2-8-9(5-7)11-4-3-10-8;1-5(2,3)4;1-2/h7-13H,6H2,1-5H3;1-6H,(H,12,13);1-4H3;1-2H3/b16-9-,19-12+;;;. The van der Waals surface area contributed by atoms with Gasteiger partial charge >= 0.3 is 0 Å². The van der Waals surface area contributed by atoms with Gasteiger partial charge in [-0.1, -0.05) is 60.1 Å². The molecule has 1 N–H and O–H groups in total. The number of carbonyl (C=O) groups is 3. The monoisotopic (exact) mass is 624 g/mol. The maximum Gasteiger partial charge on any atom is 0.211 e. The second kappa shape index (κ2) is 20.8. The zero-order valence-corrected chi connectivity index (χ0v) is 28.8. The molecule has 0 aliphatic rings. The van der Waals surface area contributed by atoms with E-state index in [1.807, 2.05) is 45.7 Å². The van der Waals surface area contributed by atoms with Crippen molar-refractivity contribution >= 4 is 52.4 Å². The van der Waals surface area contributed by atoms with Gasteiger partial charge in [-0.25, -0.2) is 0 Å². The van der Waals surface area contributed by atoms with Crippen molar-refractivity contribution in [2.45, 2.75) is 74.8 Å². The van der Waals surface area contributed by atoms with E-state index in [1.54, 1.807) is 55.8 Å². The first kappa shape index (κ1) is 40.0. The third-order valence-corrected chi connectivity index (χ3v) is 5.68. The number of rotatable bonds is 10. The van der Waals surface area contributed by atoms with Crippen LogP contribution in [0.25, 0.3) is 16.6 Å². The minimum atomic E-state index is -0.0221. The van der Waals surface area contributed by atoms with Crippen molar-refractivity contribution in [3.8, 4) is 0 Å². The number of aromatic nitrogens is 2. The third kappa shape index (κ3) is 14.9. The molecule has 0 bridgehead atoms. The van der Waals surface area contributed by atoms with E-state index in [9.17, 15) is 14.4 Å². The molecule has 240 valence electrons. The first-order valence-electron chi connectivity index (χ1n) is 14.6. The van der Waals surface area contributed by atoms with E-state index in [-0.39, 0.29) is 11.8 Å². The van der Waals surface area contributed by atoms with Crippen LogP contribution in [0.1, 0.15) is 84.7 Å². The SMILES string of the molecule is CC.CC(C)(C)C.CCC(=O)c1ccc(Cl)cc1C(=C/C=O)/C(=C\N(C)C(C)C)OC.O=CNc1ccc2nccnc2c1. The summed E-state index contributed by atoms with van der Waals surface area (Å²) in [6, 6.07) is 10.7. The Morgan fingerprint density at radius 3 is 2.09 bits per heavy atom. The maximum atomic E-state index is 12.3. The van der Waals surface area contributed by atoms with Crippen molar-refractivity contribution in [1.82, 2.24) is 14.9 Å². The number of nitrogens with zero attached hydrogens (tertiary/aromatic N) is 3. The minimum Gasteiger partial charge on any atom is -0.495 e. The number of Topliss-reactive ketones (excluding diaryl/α,β-unsaturated/α-hetero) is 1. The number of carbonyl (C=O) groups excluding carboxylic acids is 3. The van der Waals surface area contributed by atoms with Crippen LogP contribution in [0.3, 0.4) is 0 Å². The van der Waals surface area contributed by atoms with E-state index in [1.165, 1.54) is 13.2 Å². The highest BCUT2D eigenvalue weighted by atomic mass is 35.5. The number of hydrogen-bond acceptors (Lipinski definition) is 7. The molecule has 0 fully saturated rings. The molecule has 0 aliphatic carbocycles. The fourth-order valence-electron chi connectivity index (χ4n) is 3.23. The molecule has 0 saturated carbocycles. The highest BCUT2D eigenvalue weighted by Crippen LogP contribution is 2.30. The number of ether oxygens (including phenoxy) is 1. The van der Waals surface area contributed by atoms with E-state index in [2.05, 4.69) is 43.0 Å². The van der Waals surface area contributed by atoms with Crippen LogP contribution in [0.4, 0.5) is 5.69 Å². The van der Waals surface area contributed by atoms with Crippen LogP contribution in [-0.4, -0.2) is 53.5 Å². The predicted octanol–water partition coefficient (Wildman–Crippen LogP) is 8.62. The predicted molar refractivity (Wildman–Crippen MR) is 184 cm³/mol. The van der Waals surface area contributed by atoms with Crippen molar-refractivity contribution in [1.29, 1.82) is 0 Å². The lowest BCUT2D eigenvalue weighted by Gasteiger charge is -2.22. The van der Waals surface area contributed by atoms with Gasteiger partial charge in [-0.2, -0.15) is 0 Å². The number of halogens is 1. The fraction of sp³-hybridized carbons (Fsp3) is 0.400. The Hall–Kier alpha value is -4.04. The lowest BCUT2D eigenvalue weighted by molar-refractivity contribution is -0.105. The fourth-order valence-corrected chi connectivity index (χ4v) is 3.41. The zero-order chi connectivity index (χ0) is 33.9. The molecule has 0 atom stereocenters. The average molecular weight is 625 g/mol. The van der Waals surface area contributed by atoms with Crippen molar-refractivity contribution < 1.29 is 19.1 Å². The summed E-state index contributed by atoms with van der Waals surface area (Å²) in [6.45, 7) is 18.6. The van der Waals surface area contributed by atoms with E-state index >= 15 is 0 Å². The Bertz CT molecular complexity index is 1390. The summed E-state index contributed by atoms with van der Waals surface area (Å²) in [5.41, 5.74) is 4.45. The molecule has 9 heteroatoms. The van der Waals surface area contributed by atoms with Gasteiger partial charge in [0.2, 0.25) is 6.41 Å². The Labute approximate surface area is 268 Å². The molecule has 0 spiro atoms. The highest BCUT2D eigenvalue weighted by Gasteiger charge is 2.18. The van der Waals surface area contributed by atoms with Crippen LogP contribution >= 0.6 is 11.6 Å². The normalized spacial score (nSPS) is 11.1. The molecule has 0 aliphatic heterocycles. The summed E-state index contributed by atoms with van der Waals surface area (Å²) in [5.74, 6) is 0.469. The molecule has 3 rings (SSSR count). The molecule has 44 heavy (non-hydrogen) atoms. The molecule has 1 amide bonds. The molecule has 1 aromatic heterocycles. The molecule has 3 aromatic rings. The van der Waals surface area contributed by atoms with Gasteiger partial charge < -0.3 is 15.0 Å². The number of ketones is 1. The zero-order valence-electron chi connectivity index (χ0n) is 28.1. The smallest absolute Gasteiger partial charge is 0.211 e. The van der Waals surface area contributed by atoms with Gasteiger partial charge in [0.15, 0.2) is 5.78 Å². The molecule has 1 heterocycles. The van der Waals surface area contributed by atoms with Gasteiger partial charge in [-0.3, -0.25) is 24.4 Å². The van der Waals surface area contributed by atoms with Gasteiger partial charge in [-0.05, 0) is 67.3 Å². The van der Waals surface area contributed by atoms with Gasteiger partial charge in [0.25, 0.3) is 0 Å². The number of fused-ring (bicyclic) bond motifs is 1. The van der Waals surface area contributed by atoms with Crippen molar-refractivity contribution in [2.24, 2.45) is 5.41 Å². The quantitative estimate of drug-likeness (QED) is 0.0792. The summed E-state index contributed by atoms with van der Waals surface area (Å²) in [4.78, 5) is 43.8. The molecule has 0 radical (unpaired) electrons. The number of methoxy groups -OCH3 is 1. The van der Waals surface area contributed by atoms with Gasteiger partial charge in [0.1, 0.15) is 12.0 Å². The van der Waals surface area contributed by atoms with Gasteiger partial charge in [0, 0.05) is 60.0 Å². The molecule has 8 nitrogen and oxygen atoms in total. The Kier molecular flexibility index (Phi) is 18.9. The Balaban J connectivity index is 0.000000765. The molecule has 2 aromatic carbocycles. The third-order valence-electron chi connectivity index (χ3n) is 5.44. The van der Waals surface area contributed by atoms with Gasteiger partial charge in [-0.15, -0.1) is 0 Å². The van der Waals surface area contributed by atoms with Gasteiger partial charge in [0.05, 0.1) is 18.1 Å². The van der Waals surface area contributed by atoms with Crippen LogP contribution in [-0.2, 0) is 14.3 Å². The summed E-state index contributed by atoms with van der Waals surface area (Å²) >= 11 is 6.12. The molecular weight excluding hydrogens is 576 g/mol. The first-order chi connectivity index (χ1) is 20.7. The topological polar surface area (TPSA) is 101 Å².